The number of rotatable bonds is 4. The molecule has 12 heavy (non-hydrogen) atoms. The second-order valence-electron chi connectivity index (χ2n) is 2.69. The molecule has 0 saturated carbocycles. The van der Waals surface area contributed by atoms with Gasteiger partial charge in [-0.1, -0.05) is 19.1 Å². The van der Waals surface area contributed by atoms with Crippen LogP contribution >= 0.6 is 0 Å². The van der Waals surface area contributed by atoms with Crippen molar-refractivity contribution in [2.24, 2.45) is 5.92 Å². The Hall–Kier alpha value is -1.12. The van der Waals surface area contributed by atoms with Crippen molar-refractivity contribution in [2.45, 2.75) is 20.0 Å². The van der Waals surface area contributed by atoms with Gasteiger partial charge in [0.05, 0.1) is 0 Å². The maximum atomic E-state index is 12.8. The summed E-state index contributed by atoms with van der Waals surface area (Å²) in [5.74, 6) is -1.45. The van der Waals surface area contributed by atoms with Crippen LogP contribution in [-0.2, 0) is 4.79 Å². The van der Waals surface area contributed by atoms with Gasteiger partial charge in [-0.3, -0.25) is 0 Å². The third kappa shape index (κ3) is 3.32. The molecule has 0 aliphatic heterocycles. The van der Waals surface area contributed by atoms with E-state index in [-0.39, 0.29) is 5.57 Å². The molecule has 0 aliphatic rings. The fourth-order valence-corrected chi connectivity index (χ4v) is 0.772. The highest BCUT2D eigenvalue weighted by Gasteiger charge is 2.11. The van der Waals surface area contributed by atoms with Crippen LogP contribution in [0.25, 0.3) is 0 Å². The summed E-state index contributed by atoms with van der Waals surface area (Å²) in [6.45, 7) is 6.33. The predicted molar refractivity (Wildman–Crippen MR) is 45.6 cm³/mol. The van der Waals surface area contributed by atoms with Gasteiger partial charge in [0.15, 0.2) is 0 Å². The van der Waals surface area contributed by atoms with Gasteiger partial charge in [-0.2, -0.15) is 0 Å². The lowest BCUT2D eigenvalue weighted by atomic mass is 10.0. The molecule has 0 aromatic carbocycles. The van der Waals surface area contributed by atoms with E-state index in [1.54, 1.807) is 6.92 Å². The second kappa shape index (κ2) is 4.70. The molecule has 0 heterocycles. The molecule has 2 unspecified atom stereocenters. The molecule has 2 nitrogen and oxygen atoms in total. The summed E-state index contributed by atoms with van der Waals surface area (Å²) in [5, 5.41) is 8.47. The summed E-state index contributed by atoms with van der Waals surface area (Å²) >= 11 is 0. The first-order valence-electron chi connectivity index (χ1n) is 3.67. The number of carboxylic acid groups (broad SMARTS) is 1. The quantitative estimate of drug-likeness (QED) is 0.521. The molecule has 68 valence electrons. The van der Waals surface area contributed by atoms with Crippen molar-refractivity contribution in [3.8, 4) is 0 Å². The standard InChI is InChI=1S/C9H13FO2/c1-4-8(10)6(2)5-7(3)9(11)12/h4-6,8H,1H2,2-3H3,(H,11,12). The fourth-order valence-electron chi connectivity index (χ4n) is 0.772. The molecule has 2 atom stereocenters. The van der Waals surface area contributed by atoms with Gasteiger partial charge in [0.25, 0.3) is 0 Å². The lowest BCUT2D eigenvalue weighted by Gasteiger charge is -2.08. The molecule has 0 rings (SSSR count). The largest absolute Gasteiger partial charge is 0.478 e. The highest BCUT2D eigenvalue weighted by Crippen LogP contribution is 2.12. The molecule has 0 fully saturated rings. The van der Waals surface area contributed by atoms with Crippen molar-refractivity contribution in [1.82, 2.24) is 0 Å². The first kappa shape index (κ1) is 10.9. The number of carboxylic acids is 1. The van der Waals surface area contributed by atoms with Crippen molar-refractivity contribution in [3.05, 3.63) is 24.3 Å². The van der Waals surface area contributed by atoms with E-state index in [1.165, 1.54) is 13.0 Å². The van der Waals surface area contributed by atoms with E-state index in [0.29, 0.717) is 0 Å². The lowest BCUT2D eigenvalue weighted by Crippen LogP contribution is -2.08. The summed E-state index contributed by atoms with van der Waals surface area (Å²) in [7, 11) is 0. The van der Waals surface area contributed by atoms with E-state index >= 15 is 0 Å². The molecule has 0 aromatic rings. The van der Waals surface area contributed by atoms with Gasteiger partial charge < -0.3 is 5.11 Å². The van der Waals surface area contributed by atoms with E-state index < -0.39 is 18.1 Å². The first-order chi connectivity index (χ1) is 5.49. The Labute approximate surface area is 71.4 Å². The van der Waals surface area contributed by atoms with Crippen LogP contribution in [0, 0.1) is 5.92 Å². The molecule has 0 bridgehead atoms. The van der Waals surface area contributed by atoms with Crippen LogP contribution < -0.4 is 0 Å². The van der Waals surface area contributed by atoms with Gasteiger partial charge in [-0.05, 0) is 6.92 Å². The monoisotopic (exact) mass is 172 g/mol. The number of hydrogen-bond acceptors (Lipinski definition) is 1. The SMILES string of the molecule is C=CC(F)C(C)C=C(C)C(=O)O. The minimum absolute atomic E-state index is 0.159. The zero-order valence-corrected chi connectivity index (χ0v) is 7.25. The Bertz CT molecular complexity index is 209. The van der Waals surface area contributed by atoms with Crippen molar-refractivity contribution in [3.63, 3.8) is 0 Å². The molecule has 1 N–H and O–H groups in total. The second-order valence-corrected chi connectivity index (χ2v) is 2.69. The van der Waals surface area contributed by atoms with Crippen molar-refractivity contribution in [2.75, 3.05) is 0 Å². The predicted octanol–water partition coefficient (Wildman–Crippen LogP) is 2.18. The molecule has 0 aromatic heterocycles. The van der Waals surface area contributed by atoms with Crippen LogP contribution in [0.4, 0.5) is 4.39 Å². The summed E-state index contributed by atoms with van der Waals surface area (Å²) in [6.07, 6.45) is 1.37. The zero-order chi connectivity index (χ0) is 9.72. The van der Waals surface area contributed by atoms with Crippen LogP contribution in [0.2, 0.25) is 0 Å². The van der Waals surface area contributed by atoms with Crippen molar-refractivity contribution < 1.29 is 14.3 Å². The zero-order valence-electron chi connectivity index (χ0n) is 7.25. The van der Waals surface area contributed by atoms with Gasteiger partial charge in [-0.15, -0.1) is 6.58 Å². The summed E-state index contributed by atoms with van der Waals surface area (Å²) in [5.41, 5.74) is 0.159. The van der Waals surface area contributed by atoms with Crippen LogP contribution in [0.5, 0.6) is 0 Å². The van der Waals surface area contributed by atoms with Gasteiger partial charge in [-0.25, -0.2) is 9.18 Å². The molecule has 0 radical (unpaired) electrons. The number of carbonyl (C=O) groups is 1. The van der Waals surface area contributed by atoms with Gasteiger partial charge >= 0.3 is 5.97 Å². The van der Waals surface area contributed by atoms with E-state index in [1.807, 2.05) is 0 Å². The number of halogens is 1. The van der Waals surface area contributed by atoms with Gasteiger partial charge in [0.1, 0.15) is 6.17 Å². The highest BCUT2D eigenvalue weighted by atomic mass is 19.1. The maximum absolute atomic E-state index is 12.8. The first-order valence-corrected chi connectivity index (χ1v) is 3.67. The Morgan fingerprint density at radius 3 is 2.50 bits per heavy atom. The minimum atomic E-state index is -1.18. The summed E-state index contributed by atoms with van der Waals surface area (Å²) in [6, 6.07) is 0. The van der Waals surface area contributed by atoms with Crippen LogP contribution in [0.1, 0.15) is 13.8 Å². The highest BCUT2D eigenvalue weighted by molar-refractivity contribution is 5.85. The Kier molecular flexibility index (Phi) is 4.26. The van der Waals surface area contributed by atoms with Crippen LogP contribution in [0.15, 0.2) is 24.3 Å². The maximum Gasteiger partial charge on any atom is 0.330 e. The summed E-state index contributed by atoms with van der Waals surface area (Å²) < 4.78 is 12.8. The topological polar surface area (TPSA) is 37.3 Å². The smallest absolute Gasteiger partial charge is 0.330 e. The Balaban J connectivity index is 4.32. The Morgan fingerprint density at radius 1 is 1.67 bits per heavy atom. The molecule has 3 heteroatoms. The molecular weight excluding hydrogens is 159 g/mol. The molecule has 0 saturated heterocycles. The molecule has 0 spiro atoms. The van der Waals surface area contributed by atoms with Crippen LogP contribution in [0.3, 0.4) is 0 Å². The fraction of sp³-hybridized carbons (Fsp3) is 0.444. The average molecular weight is 172 g/mol. The third-order valence-electron chi connectivity index (χ3n) is 1.58. The third-order valence-corrected chi connectivity index (χ3v) is 1.58. The number of alkyl halides is 1. The Morgan fingerprint density at radius 2 is 2.17 bits per heavy atom. The van der Waals surface area contributed by atoms with Gasteiger partial charge in [0, 0.05) is 11.5 Å². The molecular formula is C9H13FO2. The number of allylic oxidation sites excluding steroid dienone is 2. The molecule has 0 aliphatic carbocycles. The van der Waals surface area contributed by atoms with E-state index in [0.717, 1.165) is 6.08 Å². The van der Waals surface area contributed by atoms with Crippen LogP contribution in [-0.4, -0.2) is 17.2 Å². The van der Waals surface area contributed by atoms with Gasteiger partial charge in [0.2, 0.25) is 0 Å². The normalized spacial score (nSPS) is 16.8. The van der Waals surface area contributed by atoms with E-state index in [2.05, 4.69) is 6.58 Å². The average Bonchev–Trinajstić information content (AvgIpc) is 2.02. The van der Waals surface area contributed by atoms with Crippen molar-refractivity contribution in [1.29, 1.82) is 0 Å². The van der Waals surface area contributed by atoms with Crippen molar-refractivity contribution >= 4 is 5.97 Å². The number of hydrogen-bond donors (Lipinski definition) is 1. The summed E-state index contributed by atoms with van der Waals surface area (Å²) in [4.78, 5) is 10.3. The lowest BCUT2D eigenvalue weighted by molar-refractivity contribution is -0.132. The number of aliphatic carboxylic acids is 1. The van der Waals surface area contributed by atoms with E-state index in [9.17, 15) is 9.18 Å². The van der Waals surface area contributed by atoms with E-state index in [4.69, 9.17) is 5.11 Å². The molecule has 0 amide bonds. The minimum Gasteiger partial charge on any atom is -0.478 e.